The summed E-state index contributed by atoms with van der Waals surface area (Å²) in [5.41, 5.74) is 0.327. The fourth-order valence-electron chi connectivity index (χ4n) is 5.82. The van der Waals surface area contributed by atoms with Crippen molar-refractivity contribution in [3.63, 3.8) is 0 Å². The van der Waals surface area contributed by atoms with Gasteiger partial charge in [0.15, 0.2) is 0 Å². The second kappa shape index (κ2) is 6.47. The Hall–Kier alpha value is -1.84. The van der Waals surface area contributed by atoms with Crippen LogP contribution in [0.2, 0.25) is 0 Å². The number of benzene rings is 1. The van der Waals surface area contributed by atoms with E-state index in [2.05, 4.69) is 6.92 Å². The highest BCUT2D eigenvalue weighted by Crippen LogP contribution is 2.62. The van der Waals surface area contributed by atoms with Gasteiger partial charge in [0, 0.05) is 6.92 Å². The number of fused-ring (bicyclic) bond motifs is 5. The first-order valence-electron chi connectivity index (χ1n) is 9.47. The zero-order valence-corrected chi connectivity index (χ0v) is 14.9. The molecule has 0 radical (unpaired) electrons. The van der Waals surface area contributed by atoms with Crippen LogP contribution in [-0.2, 0) is 9.53 Å². The molecule has 1 aromatic rings. The van der Waals surface area contributed by atoms with E-state index in [0.717, 1.165) is 29.6 Å². The highest BCUT2D eigenvalue weighted by atomic mass is 16.5. The van der Waals surface area contributed by atoms with Crippen molar-refractivity contribution in [3.8, 4) is 5.75 Å². The van der Waals surface area contributed by atoms with Gasteiger partial charge in [-0.2, -0.15) is 0 Å². The number of hydrogen-bond acceptors (Lipinski definition) is 4. The molecule has 0 aliphatic heterocycles. The quantitative estimate of drug-likeness (QED) is 0.611. The minimum atomic E-state index is -0.435. The van der Waals surface area contributed by atoms with Crippen LogP contribution in [-0.4, -0.2) is 18.5 Å². The molecule has 3 saturated carbocycles. The lowest BCUT2D eigenvalue weighted by Crippen LogP contribution is -2.28. The highest BCUT2D eigenvalue weighted by Gasteiger charge is 2.55. The molecule has 0 spiro atoms. The molecular formula is C21H26O4. The van der Waals surface area contributed by atoms with Crippen molar-refractivity contribution in [3.05, 3.63) is 29.8 Å². The van der Waals surface area contributed by atoms with Crippen LogP contribution < -0.4 is 4.74 Å². The number of hydrogen-bond donors (Lipinski definition) is 0. The third-order valence-corrected chi connectivity index (χ3v) is 6.63. The third-order valence-electron chi connectivity index (χ3n) is 6.63. The number of rotatable bonds is 4. The summed E-state index contributed by atoms with van der Waals surface area (Å²) in [6, 6.07) is 6.77. The van der Waals surface area contributed by atoms with E-state index in [4.69, 9.17) is 9.47 Å². The fourth-order valence-corrected chi connectivity index (χ4v) is 5.82. The van der Waals surface area contributed by atoms with Crippen molar-refractivity contribution in [2.45, 2.75) is 39.5 Å². The van der Waals surface area contributed by atoms with Crippen molar-refractivity contribution in [2.75, 3.05) is 6.61 Å². The molecule has 4 heteroatoms. The fraction of sp³-hybridized carbons (Fsp3) is 0.619. The summed E-state index contributed by atoms with van der Waals surface area (Å²) in [5, 5.41) is 0. The number of esters is 2. The monoisotopic (exact) mass is 342 g/mol. The van der Waals surface area contributed by atoms with E-state index < -0.39 is 11.9 Å². The first kappa shape index (κ1) is 16.6. The van der Waals surface area contributed by atoms with Gasteiger partial charge in [0.05, 0.1) is 6.61 Å². The smallest absolute Gasteiger partial charge is 0.341 e. The maximum Gasteiger partial charge on any atom is 0.341 e. The van der Waals surface area contributed by atoms with Crippen molar-refractivity contribution in [1.82, 2.24) is 0 Å². The molecule has 1 aromatic carbocycles. The molecule has 2 bridgehead atoms. The first-order chi connectivity index (χ1) is 12.0. The third kappa shape index (κ3) is 3.07. The molecule has 4 rings (SSSR count). The van der Waals surface area contributed by atoms with E-state index in [9.17, 15) is 9.59 Å². The Morgan fingerprint density at radius 2 is 1.80 bits per heavy atom. The number of carbonyl (C=O) groups excluding carboxylic acids is 2. The van der Waals surface area contributed by atoms with E-state index in [1.54, 1.807) is 24.3 Å². The molecule has 3 aliphatic rings. The van der Waals surface area contributed by atoms with E-state index in [0.29, 0.717) is 18.1 Å². The van der Waals surface area contributed by atoms with Crippen molar-refractivity contribution in [1.29, 1.82) is 0 Å². The molecule has 3 aliphatic carbocycles. The molecule has 6 atom stereocenters. The SMILES string of the molecule is CC(=O)Oc1ccccc1C(=O)OCC1CC2CC1C1CC(C)CC21. The molecule has 0 aromatic heterocycles. The van der Waals surface area contributed by atoms with Crippen LogP contribution in [0.15, 0.2) is 24.3 Å². The predicted molar refractivity (Wildman–Crippen MR) is 93.1 cm³/mol. The zero-order valence-electron chi connectivity index (χ0n) is 14.9. The molecule has 0 N–H and O–H groups in total. The van der Waals surface area contributed by atoms with Gasteiger partial charge in [-0.1, -0.05) is 19.1 Å². The molecule has 0 amide bonds. The molecule has 25 heavy (non-hydrogen) atoms. The highest BCUT2D eigenvalue weighted by molar-refractivity contribution is 5.93. The van der Waals surface area contributed by atoms with Crippen LogP contribution in [0.5, 0.6) is 5.75 Å². The first-order valence-corrected chi connectivity index (χ1v) is 9.47. The van der Waals surface area contributed by atoms with Gasteiger partial charge in [-0.3, -0.25) is 4.79 Å². The summed E-state index contributed by atoms with van der Waals surface area (Å²) < 4.78 is 10.7. The van der Waals surface area contributed by atoms with Gasteiger partial charge in [0.1, 0.15) is 11.3 Å². The van der Waals surface area contributed by atoms with Gasteiger partial charge >= 0.3 is 11.9 Å². The summed E-state index contributed by atoms with van der Waals surface area (Å²) in [6.45, 7) is 4.20. The van der Waals surface area contributed by atoms with Crippen LogP contribution in [0.25, 0.3) is 0 Å². The average Bonchev–Trinajstić information content (AvgIpc) is 3.23. The van der Waals surface area contributed by atoms with E-state index in [-0.39, 0.29) is 5.75 Å². The molecule has 134 valence electrons. The normalized spacial score (nSPS) is 35.4. The minimum Gasteiger partial charge on any atom is -0.462 e. The predicted octanol–water partition coefficient (Wildman–Crippen LogP) is 4.09. The molecule has 6 unspecified atom stereocenters. The Labute approximate surface area is 148 Å². The van der Waals surface area contributed by atoms with Crippen LogP contribution in [0.3, 0.4) is 0 Å². The molecule has 0 heterocycles. The lowest BCUT2D eigenvalue weighted by molar-refractivity contribution is -0.131. The zero-order chi connectivity index (χ0) is 17.6. The van der Waals surface area contributed by atoms with Crippen LogP contribution in [0.1, 0.15) is 49.9 Å². The maximum absolute atomic E-state index is 12.5. The largest absolute Gasteiger partial charge is 0.462 e. The number of para-hydroxylation sites is 1. The van der Waals surface area contributed by atoms with Gasteiger partial charge in [-0.05, 0) is 73.3 Å². The molecule has 4 nitrogen and oxygen atoms in total. The van der Waals surface area contributed by atoms with E-state index in [1.165, 1.54) is 32.6 Å². The van der Waals surface area contributed by atoms with Gasteiger partial charge in [0.25, 0.3) is 0 Å². The van der Waals surface area contributed by atoms with Crippen molar-refractivity contribution < 1.29 is 19.1 Å². The molecule has 0 saturated heterocycles. The van der Waals surface area contributed by atoms with Crippen molar-refractivity contribution >= 4 is 11.9 Å². The molecular weight excluding hydrogens is 316 g/mol. The van der Waals surface area contributed by atoms with Gasteiger partial charge in [-0.15, -0.1) is 0 Å². The van der Waals surface area contributed by atoms with Crippen molar-refractivity contribution in [2.24, 2.45) is 35.5 Å². The van der Waals surface area contributed by atoms with Crippen LogP contribution in [0, 0.1) is 35.5 Å². The topological polar surface area (TPSA) is 52.6 Å². The summed E-state index contributed by atoms with van der Waals surface area (Å²) in [4.78, 5) is 23.7. The lowest BCUT2D eigenvalue weighted by atomic mass is 9.76. The number of carbonyl (C=O) groups is 2. The van der Waals surface area contributed by atoms with Crippen LogP contribution in [0.4, 0.5) is 0 Å². The van der Waals surface area contributed by atoms with Gasteiger partial charge < -0.3 is 9.47 Å². The second-order valence-corrected chi connectivity index (χ2v) is 8.25. The van der Waals surface area contributed by atoms with Gasteiger partial charge in [0.2, 0.25) is 0 Å². The summed E-state index contributed by atoms with van der Waals surface area (Å²) >= 11 is 0. The Kier molecular flexibility index (Phi) is 4.30. The summed E-state index contributed by atoms with van der Waals surface area (Å²) in [6.07, 6.45) is 5.28. The second-order valence-electron chi connectivity index (χ2n) is 8.25. The van der Waals surface area contributed by atoms with Gasteiger partial charge in [-0.25, -0.2) is 4.79 Å². The summed E-state index contributed by atoms with van der Waals surface area (Å²) in [7, 11) is 0. The maximum atomic E-state index is 12.5. The average molecular weight is 342 g/mol. The van der Waals surface area contributed by atoms with E-state index in [1.807, 2.05) is 0 Å². The Morgan fingerprint density at radius 3 is 2.60 bits per heavy atom. The number of ether oxygens (including phenoxy) is 2. The van der Waals surface area contributed by atoms with Crippen LogP contribution >= 0.6 is 0 Å². The Balaban J connectivity index is 1.38. The minimum absolute atomic E-state index is 0.276. The Bertz CT molecular complexity index is 682. The Morgan fingerprint density at radius 1 is 1.04 bits per heavy atom. The summed E-state index contributed by atoms with van der Waals surface area (Å²) in [5.74, 6) is 4.16. The molecule has 3 fully saturated rings. The van der Waals surface area contributed by atoms with E-state index >= 15 is 0 Å². The standard InChI is InChI=1S/C21H26O4/c1-12-7-17-14-9-15(18(10-14)19(17)8-12)11-24-21(23)16-5-3-4-6-20(16)25-13(2)22/h3-6,12,14-15,17-19H,7-11H2,1-2H3. The lowest BCUT2D eigenvalue weighted by Gasteiger charge is -2.31.